The van der Waals surface area contributed by atoms with Crippen molar-refractivity contribution in [3.8, 4) is 5.88 Å². The Kier molecular flexibility index (Phi) is 3.91. The molecule has 4 heterocycles. The number of nitrogens with zero attached hydrogens (tertiary/aromatic N) is 6. The van der Waals surface area contributed by atoms with Crippen molar-refractivity contribution < 1.29 is 4.74 Å². The summed E-state index contributed by atoms with van der Waals surface area (Å²) >= 11 is 0. The second-order valence-corrected chi connectivity index (χ2v) is 6.28. The predicted molar refractivity (Wildman–Crippen MR) is 97.7 cm³/mol. The molecule has 1 aliphatic heterocycles. The number of piperazine rings is 1. The number of fused-ring (bicyclic) bond motifs is 1. The lowest BCUT2D eigenvalue weighted by atomic mass is 10.2. The van der Waals surface area contributed by atoms with E-state index in [4.69, 9.17) is 4.74 Å². The number of ether oxygens (including phenoxy) is 1. The third-order valence-electron chi connectivity index (χ3n) is 4.86. The Balaban J connectivity index is 1.56. The summed E-state index contributed by atoms with van der Waals surface area (Å²) in [7, 11) is 1.63. The summed E-state index contributed by atoms with van der Waals surface area (Å²) in [5, 5.41) is 4.47. The molecule has 1 fully saturated rings. The molecule has 7 nitrogen and oxygen atoms in total. The van der Waals surface area contributed by atoms with Crippen LogP contribution in [0.3, 0.4) is 0 Å². The molecule has 0 aromatic carbocycles. The van der Waals surface area contributed by atoms with Crippen LogP contribution in [0.25, 0.3) is 5.65 Å². The van der Waals surface area contributed by atoms with Crippen LogP contribution in [0, 0.1) is 13.8 Å². The molecule has 130 valence electrons. The van der Waals surface area contributed by atoms with Crippen molar-refractivity contribution in [2.75, 3.05) is 43.1 Å². The van der Waals surface area contributed by atoms with Gasteiger partial charge in [-0.25, -0.2) is 9.97 Å². The molecule has 0 unspecified atom stereocenters. The van der Waals surface area contributed by atoms with E-state index in [0.29, 0.717) is 5.88 Å². The maximum atomic E-state index is 5.14. The summed E-state index contributed by atoms with van der Waals surface area (Å²) < 4.78 is 7.09. The van der Waals surface area contributed by atoms with E-state index >= 15 is 0 Å². The first-order valence-electron chi connectivity index (χ1n) is 8.48. The van der Waals surface area contributed by atoms with Crippen LogP contribution in [0.15, 0.2) is 30.6 Å². The molecular weight excluding hydrogens is 316 g/mol. The van der Waals surface area contributed by atoms with Crippen LogP contribution in [0.2, 0.25) is 0 Å². The molecule has 1 saturated heterocycles. The molecule has 0 aliphatic carbocycles. The molecule has 3 aromatic rings. The third kappa shape index (κ3) is 2.75. The Bertz CT molecular complexity index is 880. The summed E-state index contributed by atoms with van der Waals surface area (Å²) in [6.45, 7) is 7.94. The molecule has 0 amide bonds. The van der Waals surface area contributed by atoms with Crippen LogP contribution in [-0.2, 0) is 0 Å². The molecule has 0 N–H and O–H groups in total. The quantitative estimate of drug-likeness (QED) is 0.729. The van der Waals surface area contributed by atoms with Crippen molar-refractivity contribution in [2.45, 2.75) is 13.8 Å². The van der Waals surface area contributed by atoms with E-state index in [1.807, 2.05) is 29.0 Å². The zero-order chi connectivity index (χ0) is 17.4. The monoisotopic (exact) mass is 338 g/mol. The van der Waals surface area contributed by atoms with Gasteiger partial charge in [0.05, 0.1) is 25.2 Å². The van der Waals surface area contributed by atoms with Gasteiger partial charge in [0.2, 0.25) is 5.88 Å². The minimum absolute atomic E-state index is 0.645. The van der Waals surface area contributed by atoms with Gasteiger partial charge in [-0.05, 0) is 19.9 Å². The average Bonchev–Trinajstić information content (AvgIpc) is 3.11. The Morgan fingerprint density at radius 3 is 2.44 bits per heavy atom. The fraction of sp³-hybridized carbons (Fsp3) is 0.389. The normalized spacial score (nSPS) is 15.0. The first kappa shape index (κ1) is 15.7. The van der Waals surface area contributed by atoms with Crippen molar-refractivity contribution in [1.29, 1.82) is 0 Å². The van der Waals surface area contributed by atoms with Gasteiger partial charge in [0.25, 0.3) is 0 Å². The van der Waals surface area contributed by atoms with E-state index in [9.17, 15) is 0 Å². The van der Waals surface area contributed by atoms with Crippen molar-refractivity contribution in [1.82, 2.24) is 19.6 Å². The van der Waals surface area contributed by atoms with E-state index in [-0.39, 0.29) is 0 Å². The number of hydrogen-bond donors (Lipinski definition) is 0. The zero-order valence-electron chi connectivity index (χ0n) is 14.8. The van der Waals surface area contributed by atoms with Gasteiger partial charge in [0.15, 0.2) is 5.65 Å². The largest absolute Gasteiger partial charge is 0.481 e. The topological polar surface area (TPSA) is 58.8 Å². The maximum absolute atomic E-state index is 5.14. The van der Waals surface area contributed by atoms with Gasteiger partial charge in [0.1, 0.15) is 5.82 Å². The number of anilines is 2. The van der Waals surface area contributed by atoms with Crippen molar-refractivity contribution in [2.24, 2.45) is 0 Å². The summed E-state index contributed by atoms with van der Waals surface area (Å²) in [5.74, 6) is 1.80. The number of pyridine rings is 1. The summed E-state index contributed by atoms with van der Waals surface area (Å²) in [5.41, 5.74) is 4.28. The summed E-state index contributed by atoms with van der Waals surface area (Å²) in [4.78, 5) is 13.7. The fourth-order valence-corrected chi connectivity index (χ4v) is 3.35. The Morgan fingerprint density at radius 2 is 1.76 bits per heavy atom. The van der Waals surface area contributed by atoms with E-state index in [0.717, 1.165) is 49.0 Å². The standard InChI is InChI=1S/C18H22N6O/c1-13-14(2)21-16-6-7-20-24(16)18(13)23-10-8-22(9-11-23)15-4-5-17(25-3)19-12-15/h4-7,12H,8-11H2,1-3H3. The zero-order valence-corrected chi connectivity index (χ0v) is 14.8. The average molecular weight is 338 g/mol. The Morgan fingerprint density at radius 1 is 1.00 bits per heavy atom. The summed E-state index contributed by atoms with van der Waals surface area (Å²) in [6, 6.07) is 5.93. The lowest BCUT2D eigenvalue weighted by Gasteiger charge is -2.37. The Labute approximate surface area is 146 Å². The molecule has 25 heavy (non-hydrogen) atoms. The Hall–Kier alpha value is -2.83. The lowest BCUT2D eigenvalue weighted by Crippen LogP contribution is -2.47. The first-order chi connectivity index (χ1) is 12.2. The van der Waals surface area contributed by atoms with E-state index in [1.54, 1.807) is 7.11 Å². The lowest BCUT2D eigenvalue weighted by molar-refractivity contribution is 0.398. The van der Waals surface area contributed by atoms with Gasteiger partial charge in [-0.15, -0.1) is 0 Å². The second kappa shape index (κ2) is 6.23. The first-order valence-corrected chi connectivity index (χ1v) is 8.48. The van der Waals surface area contributed by atoms with Crippen LogP contribution >= 0.6 is 0 Å². The van der Waals surface area contributed by atoms with Crippen molar-refractivity contribution >= 4 is 17.2 Å². The molecule has 0 spiro atoms. The number of hydrogen-bond acceptors (Lipinski definition) is 6. The van der Waals surface area contributed by atoms with Gasteiger partial charge in [-0.3, -0.25) is 0 Å². The molecule has 0 radical (unpaired) electrons. The van der Waals surface area contributed by atoms with Crippen LogP contribution in [0.4, 0.5) is 11.5 Å². The highest BCUT2D eigenvalue weighted by molar-refractivity contribution is 5.57. The second-order valence-electron chi connectivity index (χ2n) is 6.28. The number of aryl methyl sites for hydroxylation is 1. The third-order valence-corrected chi connectivity index (χ3v) is 4.86. The van der Waals surface area contributed by atoms with Gasteiger partial charge in [0, 0.05) is 49.6 Å². The number of methoxy groups -OCH3 is 1. The van der Waals surface area contributed by atoms with Crippen molar-refractivity contribution in [3.63, 3.8) is 0 Å². The number of rotatable bonds is 3. The highest BCUT2D eigenvalue weighted by Gasteiger charge is 2.22. The van der Waals surface area contributed by atoms with Crippen LogP contribution in [0.5, 0.6) is 5.88 Å². The van der Waals surface area contributed by atoms with Gasteiger partial charge in [-0.1, -0.05) is 0 Å². The maximum Gasteiger partial charge on any atom is 0.213 e. The van der Waals surface area contributed by atoms with Gasteiger partial charge >= 0.3 is 0 Å². The molecule has 3 aromatic heterocycles. The van der Waals surface area contributed by atoms with E-state index < -0.39 is 0 Å². The number of aromatic nitrogens is 4. The van der Waals surface area contributed by atoms with Gasteiger partial charge in [-0.2, -0.15) is 9.61 Å². The van der Waals surface area contributed by atoms with Gasteiger partial charge < -0.3 is 14.5 Å². The van der Waals surface area contributed by atoms with Crippen LogP contribution < -0.4 is 14.5 Å². The van der Waals surface area contributed by atoms with Crippen molar-refractivity contribution in [3.05, 3.63) is 41.9 Å². The SMILES string of the molecule is COc1ccc(N2CCN(c3c(C)c(C)nc4ccnn34)CC2)cn1. The van der Waals surface area contributed by atoms with E-state index in [1.165, 1.54) is 5.56 Å². The predicted octanol–water partition coefficient (Wildman–Crippen LogP) is 2.08. The highest BCUT2D eigenvalue weighted by Crippen LogP contribution is 2.25. The minimum Gasteiger partial charge on any atom is -0.481 e. The van der Waals surface area contributed by atoms with Crippen LogP contribution in [-0.4, -0.2) is 52.9 Å². The molecule has 4 rings (SSSR count). The highest BCUT2D eigenvalue weighted by atomic mass is 16.5. The van der Waals surface area contributed by atoms with E-state index in [2.05, 4.69) is 44.8 Å². The van der Waals surface area contributed by atoms with Crippen LogP contribution in [0.1, 0.15) is 11.3 Å². The smallest absolute Gasteiger partial charge is 0.213 e. The fourth-order valence-electron chi connectivity index (χ4n) is 3.35. The molecule has 1 aliphatic rings. The molecule has 0 saturated carbocycles. The molecule has 0 atom stereocenters. The molecule has 7 heteroatoms. The minimum atomic E-state index is 0.645. The molecule has 0 bridgehead atoms. The molecular formula is C18H22N6O. The summed E-state index contributed by atoms with van der Waals surface area (Å²) in [6.07, 6.45) is 3.69.